The molecule has 1 N–H and O–H groups in total. The van der Waals surface area contributed by atoms with Gasteiger partial charge in [-0.3, -0.25) is 4.90 Å². The van der Waals surface area contributed by atoms with Gasteiger partial charge in [-0.15, -0.1) is 11.3 Å². The third-order valence-electron chi connectivity index (χ3n) is 3.93. The number of thiophene rings is 1. The van der Waals surface area contributed by atoms with Gasteiger partial charge >= 0.3 is 0 Å². The average Bonchev–Trinajstić information content (AvgIpc) is 2.70. The van der Waals surface area contributed by atoms with Crippen LogP contribution in [0.3, 0.4) is 0 Å². The molecule has 2 saturated heterocycles. The number of nitrogens with one attached hydrogen (secondary N) is 1. The third kappa shape index (κ3) is 2.63. The van der Waals surface area contributed by atoms with Crippen LogP contribution in [-0.4, -0.2) is 62.9 Å². The highest BCUT2D eigenvalue weighted by Gasteiger charge is 2.40. The number of nitrogens with zero attached hydrogens (tertiary/aromatic N) is 2. The minimum Gasteiger partial charge on any atom is -0.314 e. The lowest BCUT2D eigenvalue weighted by atomic mass is 10.1. The Bertz CT molecular complexity index is 570. The molecular weight excluding hydrogens is 318 g/mol. The summed E-state index contributed by atoms with van der Waals surface area (Å²) in [6.07, 6.45) is 0. The van der Waals surface area contributed by atoms with Crippen molar-refractivity contribution in [2.24, 2.45) is 0 Å². The van der Waals surface area contributed by atoms with E-state index in [4.69, 9.17) is 11.6 Å². The van der Waals surface area contributed by atoms with Crippen molar-refractivity contribution >= 4 is 33.0 Å². The van der Waals surface area contributed by atoms with E-state index in [0.717, 1.165) is 43.1 Å². The van der Waals surface area contributed by atoms with Crippen molar-refractivity contribution in [2.45, 2.75) is 17.2 Å². The van der Waals surface area contributed by atoms with Crippen LogP contribution >= 0.6 is 22.9 Å². The quantitative estimate of drug-likeness (QED) is 0.895. The van der Waals surface area contributed by atoms with E-state index in [1.807, 2.05) is 6.92 Å². The van der Waals surface area contributed by atoms with E-state index in [1.54, 1.807) is 10.4 Å². The SMILES string of the molecule is Cc1cc(S(=O)(=O)N2CC(N3CCNCC3)C2)sc1Cl. The van der Waals surface area contributed by atoms with E-state index in [0.29, 0.717) is 27.7 Å². The van der Waals surface area contributed by atoms with Gasteiger partial charge in [-0.1, -0.05) is 11.6 Å². The summed E-state index contributed by atoms with van der Waals surface area (Å²) in [4.78, 5) is 2.37. The van der Waals surface area contributed by atoms with Crippen LogP contribution in [0.4, 0.5) is 0 Å². The van der Waals surface area contributed by atoms with E-state index < -0.39 is 10.0 Å². The summed E-state index contributed by atoms with van der Waals surface area (Å²) < 4.78 is 27.4. The van der Waals surface area contributed by atoms with Crippen LogP contribution in [0.1, 0.15) is 5.56 Å². The zero-order chi connectivity index (χ0) is 14.3. The molecule has 0 saturated carbocycles. The second-order valence-corrected chi connectivity index (χ2v) is 9.10. The summed E-state index contributed by atoms with van der Waals surface area (Å²) in [6.45, 7) is 7.00. The van der Waals surface area contributed by atoms with Crippen molar-refractivity contribution in [1.82, 2.24) is 14.5 Å². The largest absolute Gasteiger partial charge is 0.314 e. The normalized spacial score (nSPS) is 22.9. The molecule has 112 valence electrons. The van der Waals surface area contributed by atoms with Gasteiger partial charge in [0.2, 0.25) is 0 Å². The molecule has 20 heavy (non-hydrogen) atoms. The molecule has 8 heteroatoms. The topological polar surface area (TPSA) is 52.7 Å². The molecule has 0 unspecified atom stereocenters. The van der Waals surface area contributed by atoms with Gasteiger partial charge in [-0.05, 0) is 18.6 Å². The van der Waals surface area contributed by atoms with Crippen LogP contribution in [0.25, 0.3) is 0 Å². The first kappa shape index (κ1) is 14.7. The Labute approximate surface area is 128 Å². The van der Waals surface area contributed by atoms with Gasteiger partial charge in [0.05, 0.1) is 4.34 Å². The maximum absolute atomic E-state index is 12.5. The maximum Gasteiger partial charge on any atom is 0.252 e. The van der Waals surface area contributed by atoms with Crippen molar-refractivity contribution in [3.8, 4) is 0 Å². The van der Waals surface area contributed by atoms with Crippen molar-refractivity contribution < 1.29 is 8.42 Å². The summed E-state index contributed by atoms with van der Waals surface area (Å²) in [5, 5.41) is 3.31. The monoisotopic (exact) mass is 335 g/mol. The minimum atomic E-state index is -3.35. The maximum atomic E-state index is 12.5. The van der Waals surface area contributed by atoms with E-state index >= 15 is 0 Å². The van der Waals surface area contributed by atoms with Gasteiger partial charge in [0.25, 0.3) is 10.0 Å². The second kappa shape index (κ2) is 5.55. The molecule has 2 aliphatic rings. The molecule has 1 aromatic rings. The Balaban J connectivity index is 1.66. The number of sulfonamides is 1. The smallest absolute Gasteiger partial charge is 0.252 e. The number of hydrogen-bond acceptors (Lipinski definition) is 5. The Kier molecular flexibility index (Phi) is 4.09. The van der Waals surface area contributed by atoms with Crippen LogP contribution in [0, 0.1) is 6.92 Å². The number of halogens is 1. The zero-order valence-corrected chi connectivity index (χ0v) is 13.7. The Hall–Kier alpha value is -0.180. The lowest BCUT2D eigenvalue weighted by molar-refractivity contribution is 0.0774. The molecular formula is C12H18ClN3O2S2. The van der Waals surface area contributed by atoms with Crippen LogP contribution < -0.4 is 5.32 Å². The summed E-state index contributed by atoms with van der Waals surface area (Å²) in [6, 6.07) is 2.03. The molecule has 0 atom stereocenters. The van der Waals surface area contributed by atoms with Gasteiger partial charge in [0.15, 0.2) is 0 Å². The molecule has 3 rings (SSSR count). The molecule has 3 heterocycles. The number of hydrogen-bond donors (Lipinski definition) is 1. The molecule has 0 bridgehead atoms. The minimum absolute atomic E-state index is 0.360. The molecule has 1 aromatic heterocycles. The van der Waals surface area contributed by atoms with Gasteiger partial charge in [0.1, 0.15) is 4.21 Å². The fourth-order valence-corrected chi connectivity index (χ4v) is 5.95. The first-order chi connectivity index (χ1) is 9.48. The van der Waals surface area contributed by atoms with E-state index in [9.17, 15) is 8.42 Å². The lowest BCUT2D eigenvalue weighted by Gasteiger charge is -2.45. The number of piperazine rings is 1. The third-order valence-corrected chi connectivity index (χ3v) is 7.76. The molecule has 2 aliphatic heterocycles. The zero-order valence-electron chi connectivity index (χ0n) is 11.3. The number of aryl methyl sites for hydroxylation is 1. The van der Waals surface area contributed by atoms with Crippen molar-refractivity contribution in [2.75, 3.05) is 39.3 Å². The summed E-state index contributed by atoms with van der Waals surface area (Å²) in [5.74, 6) is 0. The molecule has 0 aromatic carbocycles. The fraction of sp³-hybridized carbons (Fsp3) is 0.667. The van der Waals surface area contributed by atoms with Crippen molar-refractivity contribution in [3.05, 3.63) is 16.0 Å². The lowest BCUT2D eigenvalue weighted by Crippen LogP contribution is -2.63. The van der Waals surface area contributed by atoms with Crippen LogP contribution in [0.2, 0.25) is 4.34 Å². The molecule has 0 spiro atoms. The fourth-order valence-electron chi connectivity index (χ4n) is 2.58. The molecule has 2 fully saturated rings. The van der Waals surface area contributed by atoms with Crippen LogP contribution in [0.5, 0.6) is 0 Å². The first-order valence-corrected chi connectivity index (χ1v) is 9.33. The van der Waals surface area contributed by atoms with Crippen molar-refractivity contribution in [3.63, 3.8) is 0 Å². The highest BCUT2D eigenvalue weighted by molar-refractivity contribution is 7.91. The van der Waals surface area contributed by atoms with Crippen molar-refractivity contribution in [1.29, 1.82) is 0 Å². The summed E-state index contributed by atoms with van der Waals surface area (Å²) in [5.41, 5.74) is 0.828. The first-order valence-electron chi connectivity index (χ1n) is 6.69. The Morgan fingerprint density at radius 1 is 1.35 bits per heavy atom. The van der Waals surface area contributed by atoms with Gasteiger partial charge in [-0.2, -0.15) is 4.31 Å². The van der Waals surface area contributed by atoms with E-state index in [1.165, 1.54) is 0 Å². The van der Waals surface area contributed by atoms with Gasteiger partial charge < -0.3 is 5.32 Å². The predicted molar refractivity (Wildman–Crippen MR) is 81.1 cm³/mol. The van der Waals surface area contributed by atoms with Gasteiger partial charge in [0, 0.05) is 45.3 Å². The standard InChI is InChI=1S/C12H18ClN3O2S2/c1-9-6-11(19-12(9)13)20(17,18)16-7-10(8-16)15-4-2-14-3-5-15/h6,10,14H,2-5,7-8H2,1H3. The molecule has 0 radical (unpaired) electrons. The molecule has 0 aliphatic carbocycles. The summed E-state index contributed by atoms with van der Waals surface area (Å²) >= 11 is 7.12. The summed E-state index contributed by atoms with van der Waals surface area (Å²) in [7, 11) is -3.35. The predicted octanol–water partition coefficient (Wildman–Crippen LogP) is 0.988. The number of rotatable bonds is 3. The second-order valence-electron chi connectivity index (χ2n) is 5.28. The van der Waals surface area contributed by atoms with E-state index in [-0.39, 0.29) is 0 Å². The van der Waals surface area contributed by atoms with Crippen LogP contribution in [0.15, 0.2) is 10.3 Å². The van der Waals surface area contributed by atoms with E-state index in [2.05, 4.69) is 10.2 Å². The average molecular weight is 336 g/mol. The Morgan fingerprint density at radius 2 is 2.00 bits per heavy atom. The van der Waals surface area contributed by atoms with Gasteiger partial charge in [-0.25, -0.2) is 8.42 Å². The molecule has 5 nitrogen and oxygen atoms in total. The highest BCUT2D eigenvalue weighted by atomic mass is 35.5. The molecule has 0 amide bonds. The highest BCUT2D eigenvalue weighted by Crippen LogP contribution is 2.34. The van der Waals surface area contributed by atoms with Crippen LogP contribution in [-0.2, 0) is 10.0 Å². The Morgan fingerprint density at radius 3 is 2.55 bits per heavy atom.